The minimum absolute atomic E-state index is 0.0248. The Kier molecular flexibility index (Phi) is 12.4. The van der Waals surface area contributed by atoms with Crippen LogP contribution in [-0.2, 0) is 27.1 Å². The molecule has 0 aliphatic carbocycles. The average molecular weight is 1040 g/mol. The summed E-state index contributed by atoms with van der Waals surface area (Å²) >= 11 is 0. The molecule has 0 saturated carbocycles. The van der Waals surface area contributed by atoms with E-state index >= 15 is 0 Å². The van der Waals surface area contributed by atoms with Crippen LogP contribution in [0.15, 0.2) is 200 Å². The first kappa shape index (κ1) is 52.7. The van der Waals surface area contributed by atoms with Gasteiger partial charge in [-0.15, -0.1) is 0 Å². The maximum absolute atomic E-state index is 2.58. The second-order valence-electron chi connectivity index (χ2n) is 28.0. The molecule has 0 aliphatic rings. The molecule has 0 fully saturated rings. The molecule has 0 spiro atoms. The third-order valence-electron chi connectivity index (χ3n) is 17.1. The topological polar surface area (TPSA) is 8.17 Å². The molecule has 0 atom stereocenters. The molecule has 0 radical (unpaired) electrons. The molecule has 400 valence electrons. The highest BCUT2D eigenvalue weighted by Crippen LogP contribution is 2.50. The van der Waals surface area contributed by atoms with Crippen LogP contribution in [0.4, 0.5) is 17.1 Å². The largest absolute Gasteiger partial charge is 0.309 e. The third-order valence-corrected chi connectivity index (χ3v) is 17.1. The summed E-state index contributed by atoms with van der Waals surface area (Å²) in [6.45, 7) is 35.0. The summed E-state index contributed by atoms with van der Waals surface area (Å²) in [6.07, 6.45) is 0. The molecular weight excluding hydrogens is 965 g/mol. The fraction of sp³-hybridized carbons (Fsp3) is 0.256. The molecule has 0 amide bonds. The normalized spacial score (nSPS) is 12.9. The van der Waals surface area contributed by atoms with Gasteiger partial charge in [0.2, 0.25) is 0 Å². The molecule has 2 nitrogen and oxygen atoms in total. The van der Waals surface area contributed by atoms with E-state index in [-0.39, 0.29) is 27.1 Å². The lowest BCUT2D eigenvalue weighted by atomic mass is 9.78. The molecule has 0 unspecified atom stereocenters. The Hall–Kier alpha value is -7.94. The van der Waals surface area contributed by atoms with E-state index in [2.05, 4.69) is 314 Å². The van der Waals surface area contributed by atoms with Crippen LogP contribution in [0, 0.1) is 0 Å². The minimum Gasteiger partial charge on any atom is -0.309 e. The maximum Gasteiger partial charge on any atom is 0.0543 e. The second kappa shape index (κ2) is 18.8. The van der Waals surface area contributed by atoms with E-state index in [1.54, 1.807) is 0 Å². The van der Waals surface area contributed by atoms with Gasteiger partial charge in [0.05, 0.1) is 28.1 Å². The molecule has 1 heterocycles. The van der Waals surface area contributed by atoms with Crippen molar-refractivity contribution in [1.29, 1.82) is 0 Å². The highest BCUT2D eigenvalue weighted by Gasteiger charge is 2.28. The minimum atomic E-state index is -0.108. The summed E-state index contributed by atoms with van der Waals surface area (Å²) in [6, 6.07) is 77.0. The Labute approximate surface area is 476 Å². The van der Waals surface area contributed by atoms with Crippen LogP contribution in [0.2, 0.25) is 0 Å². The van der Waals surface area contributed by atoms with Gasteiger partial charge in [0.1, 0.15) is 0 Å². The van der Waals surface area contributed by atoms with E-state index < -0.39 is 0 Å². The zero-order chi connectivity index (χ0) is 56.4. The number of aromatic nitrogens is 1. The molecule has 0 saturated heterocycles. The highest BCUT2D eigenvalue weighted by molar-refractivity contribution is 6.27. The zero-order valence-corrected chi connectivity index (χ0v) is 49.9. The molecule has 12 rings (SSSR count). The number of nitrogens with zero attached hydrogens (tertiary/aromatic N) is 2. The summed E-state index contributed by atoms with van der Waals surface area (Å²) in [5.74, 6) is 0. The first-order chi connectivity index (χ1) is 37.8. The lowest BCUT2D eigenvalue weighted by Crippen LogP contribution is -2.18. The number of hydrogen-bond acceptors (Lipinski definition) is 1. The van der Waals surface area contributed by atoms with Crippen LogP contribution < -0.4 is 4.90 Å². The molecule has 80 heavy (non-hydrogen) atoms. The molecule has 0 N–H and O–H groups in total. The van der Waals surface area contributed by atoms with Crippen molar-refractivity contribution < 1.29 is 0 Å². The highest BCUT2D eigenvalue weighted by atomic mass is 15.1. The fourth-order valence-corrected chi connectivity index (χ4v) is 12.2. The number of rotatable bonds is 7. The predicted molar refractivity (Wildman–Crippen MR) is 349 cm³/mol. The van der Waals surface area contributed by atoms with Gasteiger partial charge in [0, 0.05) is 32.8 Å². The van der Waals surface area contributed by atoms with E-state index in [1.165, 1.54) is 121 Å². The van der Waals surface area contributed by atoms with Crippen LogP contribution >= 0.6 is 0 Å². The van der Waals surface area contributed by atoms with Crippen molar-refractivity contribution in [2.45, 2.75) is 131 Å². The maximum atomic E-state index is 2.58. The van der Waals surface area contributed by atoms with Crippen molar-refractivity contribution in [3.8, 4) is 39.1 Å². The molecule has 11 aromatic carbocycles. The Balaban J connectivity index is 1.10. The van der Waals surface area contributed by atoms with E-state index in [0.29, 0.717) is 0 Å². The number of fused-ring (bicyclic) bond motifs is 3. The van der Waals surface area contributed by atoms with E-state index in [9.17, 15) is 0 Å². The van der Waals surface area contributed by atoms with Crippen molar-refractivity contribution in [1.82, 2.24) is 4.57 Å². The van der Waals surface area contributed by atoms with Crippen molar-refractivity contribution in [2.75, 3.05) is 4.90 Å². The van der Waals surface area contributed by atoms with Gasteiger partial charge in [-0.2, -0.15) is 0 Å². The van der Waals surface area contributed by atoms with Gasteiger partial charge in [-0.3, -0.25) is 0 Å². The summed E-state index contributed by atoms with van der Waals surface area (Å²) < 4.78 is 2.48. The number of benzene rings is 11. The first-order valence-electron chi connectivity index (χ1n) is 29.0. The number of para-hydroxylation sites is 2. The Morgan fingerprint density at radius 1 is 0.287 bits per heavy atom. The van der Waals surface area contributed by atoms with Crippen LogP contribution in [-0.4, -0.2) is 4.57 Å². The second-order valence-corrected chi connectivity index (χ2v) is 28.0. The summed E-state index contributed by atoms with van der Waals surface area (Å²) in [4.78, 5) is 2.58. The fourth-order valence-electron chi connectivity index (χ4n) is 12.2. The van der Waals surface area contributed by atoms with Crippen molar-refractivity contribution >= 4 is 71.2 Å². The smallest absolute Gasteiger partial charge is 0.0543 e. The molecule has 12 aromatic rings. The molecule has 2 heteroatoms. The van der Waals surface area contributed by atoms with Gasteiger partial charge in [-0.25, -0.2) is 0 Å². The quantitative estimate of drug-likeness (QED) is 0.144. The zero-order valence-electron chi connectivity index (χ0n) is 49.9. The third kappa shape index (κ3) is 9.35. The van der Waals surface area contributed by atoms with Gasteiger partial charge < -0.3 is 9.47 Å². The van der Waals surface area contributed by atoms with E-state index in [0.717, 1.165) is 17.1 Å². The summed E-state index contributed by atoms with van der Waals surface area (Å²) in [7, 11) is 0. The Morgan fingerprint density at radius 2 is 0.750 bits per heavy atom. The predicted octanol–water partition coefficient (Wildman–Crippen LogP) is 22.6. The van der Waals surface area contributed by atoms with Gasteiger partial charge in [0.15, 0.2) is 0 Å². The number of anilines is 3. The van der Waals surface area contributed by atoms with Crippen LogP contribution in [0.3, 0.4) is 0 Å². The van der Waals surface area contributed by atoms with Crippen molar-refractivity contribution in [2.24, 2.45) is 0 Å². The van der Waals surface area contributed by atoms with Crippen molar-refractivity contribution in [3.05, 3.63) is 228 Å². The lowest BCUT2D eigenvalue weighted by Gasteiger charge is -2.32. The van der Waals surface area contributed by atoms with Crippen molar-refractivity contribution in [3.63, 3.8) is 0 Å². The SMILES string of the molecule is CC(C)(C)c1cc(-c2cccc(-c3ccc(N(c4cc(C(C)(C)C)ccc4-c4cc(C(C)(C)C)cc(C(C)(C)C)c4)c4ccc5ccc6c(-n7c8ccccc8c8ccccc87)ccc7ccc4c5c76)cc3)c2)cc(C(C)(C)C)c1. The van der Waals surface area contributed by atoms with Crippen LogP contribution in [0.25, 0.3) is 93.2 Å². The van der Waals surface area contributed by atoms with E-state index in [4.69, 9.17) is 0 Å². The molecule has 0 bridgehead atoms. The Morgan fingerprint density at radius 3 is 1.29 bits per heavy atom. The monoisotopic (exact) mass is 1040 g/mol. The van der Waals surface area contributed by atoms with Gasteiger partial charge in [0.25, 0.3) is 0 Å². The summed E-state index contributed by atoms with van der Waals surface area (Å²) in [5, 5.41) is 10.0. The molecule has 0 aliphatic heterocycles. The average Bonchev–Trinajstić information content (AvgIpc) is 3.76. The van der Waals surface area contributed by atoms with Crippen LogP contribution in [0.1, 0.15) is 132 Å². The Bertz CT molecular complexity index is 4230. The van der Waals surface area contributed by atoms with Crippen LogP contribution in [0.5, 0.6) is 0 Å². The summed E-state index contributed by atoms with van der Waals surface area (Å²) in [5.41, 5.74) is 20.9. The number of hydrogen-bond donors (Lipinski definition) is 0. The van der Waals surface area contributed by atoms with Gasteiger partial charge in [-0.05, 0) is 153 Å². The standard InChI is InChI=1S/C78H78N2/c1-74(2,3)56-33-38-62(55-44-59(77(10,11)12)47-60(45-55)78(13,14)15)71(48-56)79(61-34-27-49(28-35-61)52-21-20-22-53(41-52)54-42-57(75(4,5)6)46-58(43-54)76(7,8)9)69-39-31-50-30-37-66-70(40-32-51-29-36-65(69)72(50)73(51)66)80-67-25-18-16-23-63(67)64-24-17-19-26-68(64)80/h16-48H,1-15H3. The van der Waals surface area contributed by atoms with Gasteiger partial charge in [-0.1, -0.05) is 256 Å². The van der Waals surface area contributed by atoms with Gasteiger partial charge >= 0.3 is 0 Å². The molecule has 1 aromatic heterocycles. The lowest BCUT2D eigenvalue weighted by molar-refractivity contribution is 0.568. The van der Waals surface area contributed by atoms with E-state index in [1.807, 2.05) is 0 Å². The first-order valence-corrected chi connectivity index (χ1v) is 29.0. The molecular formula is C78H78N2.